The van der Waals surface area contributed by atoms with Crippen molar-refractivity contribution in [3.63, 3.8) is 0 Å². The summed E-state index contributed by atoms with van der Waals surface area (Å²) in [5.74, 6) is -0.873. The fourth-order valence-corrected chi connectivity index (χ4v) is 2.53. The normalized spacial score (nSPS) is 10.6. The molecular formula is C10H9ClN2O2S. The summed E-state index contributed by atoms with van der Waals surface area (Å²) in [6, 6.07) is 3.67. The van der Waals surface area contributed by atoms with Crippen LogP contribution in [0.5, 0.6) is 0 Å². The van der Waals surface area contributed by atoms with Gasteiger partial charge in [-0.25, -0.2) is 0 Å². The third-order valence-corrected chi connectivity index (χ3v) is 3.48. The monoisotopic (exact) mass is 256 g/mol. The molecule has 0 spiro atoms. The Kier molecular flexibility index (Phi) is 2.98. The average molecular weight is 257 g/mol. The fourth-order valence-electron chi connectivity index (χ4n) is 1.44. The number of aromatic nitrogens is 2. The predicted molar refractivity (Wildman–Crippen MR) is 63.0 cm³/mol. The number of carboxylic acids is 1. The molecule has 84 valence electrons. The quantitative estimate of drug-likeness (QED) is 0.887. The maximum absolute atomic E-state index is 10.6. The van der Waals surface area contributed by atoms with Crippen molar-refractivity contribution in [3.8, 4) is 10.6 Å². The zero-order chi connectivity index (χ0) is 11.7. The van der Waals surface area contributed by atoms with Crippen LogP contribution >= 0.6 is 22.9 Å². The first kappa shape index (κ1) is 11.2. The van der Waals surface area contributed by atoms with E-state index < -0.39 is 5.97 Å². The van der Waals surface area contributed by atoms with E-state index in [2.05, 4.69) is 10.2 Å². The summed E-state index contributed by atoms with van der Waals surface area (Å²) in [5.41, 5.74) is 2.26. The average Bonchev–Trinajstić information content (AvgIpc) is 2.74. The molecule has 4 nitrogen and oxygen atoms in total. The molecule has 0 aliphatic rings. The van der Waals surface area contributed by atoms with Gasteiger partial charge < -0.3 is 5.11 Å². The molecule has 0 aliphatic carbocycles. The number of carboxylic acid groups (broad SMARTS) is 1. The molecule has 0 fully saturated rings. The highest BCUT2D eigenvalue weighted by Gasteiger charge is 2.14. The summed E-state index contributed by atoms with van der Waals surface area (Å²) in [4.78, 5) is 11.5. The second-order valence-electron chi connectivity index (χ2n) is 3.35. The number of thiophene rings is 1. The van der Waals surface area contributed by atoms with Gasteiger partial charge in [-0.2, -0.15) is 5.10 Å². The van der Waals surface area contributed by atoms with Crippen LogP contribution in [0.1, 0.15) is 11.3 Å². The van der Waals surface area contributed by atoms with Gasteiger partial charge in [0.2, 0.25) is 0 Å². The summed E-state index contributed by atoms with van der Waals surface area (Å²) in [5, 5.41) is 15.6. The minimum Gasteiger partial charge on any atom is -0.481 e. The lowest BCUT2D eigenvalue weighted by atomic mass is 10.1. The molecule has 0 bridgehead atoms. The Morgan fingerprint density at radius 2 is 2.38 bits per heavy atom. The highest BCUT2D eigenvalue weighted by Crippen LogP contribution is 2.32. The van der Waals surface area contributed by atoms with Gasteiger partial charge in [0.25, 0.3) is 0 Å². The number of aliphatic carboxylic acids is 1. The Balaban J connectivity index is 2.36. The Morgan fingerprint density at radius 3 is 2.94 bits per heavy atom. The molecule has 0 radical (unpaired) electrons. The van der Waals surface area contributed by atoms with Crippen molar-refractivity contribution in [1.29, 1.82) is 0 Å². The molecule has 0 saturated carbocycles. The van der Waals surface area contributed by atoms with Gasteiger partial charge in [0, 0.05) is 5.69 Å². The zero-order valence-electron chi connectivity index (χ0n) is 8.45. The number of hydrogen-bond donors (Lipinski definition) is 2. The maximum Gasteiger partial charge on any atom is 0.309 e. The number of carbonyl (C=O) groups is 1. The highest BCUT2D eigenvalue weighted by atomic mass is 35.5. The molecule has 2 rings (SSSR count). The van der Waals surface area contributed by atoms with E-state index in [4.69, 9.17) is 16.7 Å². The van der Waals surface area contributed by atoms with E-state index in [1.807, 2.05) is 13.0 Å². The Bertz CT molecular complexity index is 533. The summed E-state index contributed by atoms with van der Waals surface area (Å²) in [7, 11) is 0. The van der Waals surface area contributed by atoms with Gasteiger partial charge in [-0.3, -0.25) is 9.89 Å². The molecule has 2 heterocycles. The van der Waals surface area contributed by atoms with Crippen molar-refractivity contribution in [2.75, 3.05) is 0 Å². The van der Waals surface area contributed by atoms with Crippen LogP contribution < -0.4 is 0 Å². The number of hydrogen-bond acceptors (Lipinski definition) is 3. The molecule has 2 aromatic rings. The standard InChI is InChI=1S/C10H9ClN2O2S/c1-5-6(4-9(14)15)12-13-10(5)7-2-3-8(11)16-7/h2-3H,4H2,1H3,(H,12,13)(H,14,15). The predicted octanol–water partition coefficient (Wildman–Crippen LogP) is 2.73. The zero-order valence-corrected chi connectivity index (χ0v) is 10.0. The molecule has 2 aromatic heterocycles. The van der Waals surface area contributed by atoms with Gasteiger partial charge in [0.05, 0.1) is 15.6 Å². The van der Waals surface area contributed by atoms with Gasteiger partial charge in [0.15, 0.2) is 0 Å². The van der Waals surface area contributed by atoms with Crippen LogP contribution in [-0.2, 0) is 11.2 Å². The Hall–Kier alpha value is -1.33. The first-order chi connectivity index (χ1) is 7.58. The van der Waals surface area contributed by atoms with Gasteiger partial charge in [-0.05, 0) is 24.6 Å². The van der Waals surface area contributed by atoms with Crippen molar-refractivity contribution in [1.82, 2.24) is 10.2 Å². The molecule has 0 atom stereocenters. The van der Waals surface area contributed by atoms with Crippen molar-refractivity contribution in [3.05, 3.63) is 27.7 Å². The first-order valence-electron chi connectivity index (χ1n) is 4.59. The van der Waals surface area contributed by atoms with Crippen LogP contribution in [0.25, 0.3) is 10.6 Å². The van der Waals surface area contributed by atoms with E-state index in [9.17, 15) is 4.79 Å². The van der Waals surface area contributed by atoms with Crippen LogP contribution in [0.2, 0.25) is 4.34 Å². The van der Waals surface area contributed by atoms with E-state index in [0.29, 0.717) is 10.0 Å². The number of halogens is 1. The summed E-state index contributed by atoms with van der Waals surface area (Å²) in [6.07, 6.45) is -0.0437. The molecule has 0 aliphatic heterocycles. The first-order valence-corrected chi connectivity index (χ1v) is 5.78. The van der Waals surface area contributed by atoms with Crippen molar-refractivity contribution in [2.24, 2.45) is 0 Å². The maximum atomic E-state index is 10.6. The molecule has 0 aromatic carbocycles. The van der Waals surface area contributed by atoms with E-state index in [1.165, 1.54) is 11.3 Å². The van der Waals surface area contributed by atoms with Gasteiger partial charge in [0.1, 0.15) is 5.69 Å². The molecular weight excluding hydrogens is 248 g/mol. The van der Waals surface area contributed by atoms with Crippen molar-refractivity contribution >= 4 is 28.9 Å². The molecule has 6 heteroatoms. The largest absolute Gasteiger partial charge is 0.481 e. The number of nitrogens with one attached hydrogen (secondary N) is 1. The fraction of sp³-hybridized carbons (Fsp3) is 0.200. The smallest absolute Gasteiger partial charge is 0.309 e. The van der Waals surface area contributed by atoms with E-state index in [0.717, 1.165) is 16.1 Å². The number of nitrogens with zero attached hydrogens (tertiary/aromatic N) is 1. The minimum atomic E-state index is -0.873. The lowest BCUT2D eigenvalue weighted by molar-refractivity contribution is -0.136. The van der Waals surface area contributed by atoms with Gasteiger partial charge in [-0.15, -0.1) is 11.3 Å². The third-order valence-electron chi connectivity index (χ3n) is 2.25. The van der Waals surface area contributed by atoms with E-state index in [-0.39, 0.29) is 6.42 Å². The van der Waals surface area contributed by atoms with E-state index in [1.54, 1.807) is 6.07 Å². The Labute approximate surface area is 101 Å². The molecule has 16 heavy (non-hydrogen) atoms. The van der Waals surface area contributed by atoms with Gasteiger partial charge in [-0.1, -0.05) is 11.6 Å². The van der Waals surface area contributed by atoms with E-state index >= 15 is 0 Å². The second kappa shape index (κ2) is 4.27. The topological polar surface area (TPSA) is 66.0 Å². The van der Waals surface area contributed by atoms with Gasteiger partial charge >= 0.3 is 5.97 Å². The van der Waals surface area contributed by atoms with Crippen LogP contribution in [-0.4, -0.2) is 21.3 Å². The minimum absolute atomic E-state index is 0.0437. The lowest BCUT2D eigenvalue weighted by Crippen LogP contribution is -2.01. The van der Waals surface area contributed by atoms with Crippen molar-refractivity contribution in [2.45, 2.75) is 13.3 Å². The third kappa shape index (κ3) is 2.10. The van der Waals surface area contributed by atoms with Crippen LogP contribution in [0.4, 0.5) is 0 Å². The summed E-state index contributed by atoms with van der Waals surface area (Å²) in [6.45, 7) is 1.85. The Morgan fingerprint density at radius 1 is 1.62 bits per heavy atom. The lowest BCUT2D eigenvalue weighted by Gasteiger charge is -1.95. The van der Waals surface area contributed by atoms with Crippen molar-refractivity contribution < 1.29 is 9.90 Å². The second-order valence-corrected chi connectivity index (χ2v) is 5.07. The molecule has 0 saturated heterocycles. The number of H-pyrrole nitrogens is 1. The molecule has 0 unspecified atom stereocenters. The SMILES string of the molecule is Cc1c(-c2ccc(Cl)s2)n[nH]c1CC(=O)O. The molecule has 2 N–H and O–H groups in total. The summed E-state index contributed by atoms with van der Waals surface area (Å²) >= 11 is 7.26. The highest BCUT2D eigenvalue weighted by molar-refractivity contribution is 7.19. The summed E-state index contributed by atoms with van der Waals surface area (Å²) < 4.78 is 0.692. The number of aromatic amines is 1. The van der Waals surface area contributed by atoms with Crippen LogP contribution in [0, 0.1) is 6.92 Å². The molecule has 0 amide bonds. The van der Waals surface area contributed by atoms with Crippen LogP contribution in [0.3, 0.4) is 0 Å². The number of rotatable bonds is 3. The van der Waals surface area contributed by atoms with Crippen LogP contribution in [0.15, 0.2) is 12.1 Å².